The Hall–Kier alpha value is -4.87. The molecule has 12 heteroatoms. The van der Waals surface area contributed by atoms with Crippen molar-refractivity contribution in [3.8, 4) is 29.3 Å². The van der Waals surface area contributed by atoms with Gasteiger partial charge in [-0.2, -0.15) is 9.97 Å². The molecule has 4 N–H and O–H groups in total. The normalized spacial score (nSPS) is 14.3. The molecular formula is C25H26N8O4. The van der Waals surface area contributed by atoms with Crippen LogP contribution in [0, 0.1) is 5.41 Å². The molecule has 0 bridgehead atoms. The van der Waals surface area contributed by atoms with Gasteiger partial charge in [0.05, 0.1) is 12.2 Å². The molecule has 0 spiro atoms. The summed E-state index contributed by atoms with van der Waals surface area (Å²) in [4.78, 5) is 29.3. The Morgan fingerprint density at radius 2 is 2.03 bits per heavy atom. The van der Waals surface area contributed by atoms with E-state index in [2.05, 4.69) is 25.2 Å². The maximum Gasteiger partial charge on any atom is 0.328 e. The van der Waals surface area contributed by atoms with Gasteiger partial charge in [0, 0.05) is 38.8 Å². The van der Waals surface area contributed by atoms with Crippen LogP contribution >= 0.6 is 0 Å². The van der Waals surface area contributed by atoms with Crippen molar-refractivity contribution in [1.82, 2.24) is 14.9 Å². The largest absolute Gasteiger partial charge is 0.466 e. The highest BCUT2D eigenvalue weighted by molar-refractivity contribution is 6.00. The minimum absolute atomic E-state index is 0.0212. The molecule has 0 atom stereocenters. The van der Waals surface area contributed by atoms with Gasteiger partial charge in [0.15, 0.2) is 18.0 Å². The minimum atomic E-state index is -0.367. The van der Waals surface area contributed by atoms with E-state index in [1.807, 2.05) is 44.2 Å². The van der Waals surface area contributed by atoms with E-state index in [4.69, 9.17) is 25.4 Å². The van der Waals surface area contributed by atoms with Gasteiger partial charge in [0.1, 0.15) is 17.4 Å². The van der Waals surface area contributed by atoms with Crippen LogP contribution in [0.2, 0.25) is 0 Å². The highest BCUT2D eigenvalue weighted by Crippen LogP contribution is 2.41. The predicted octanol–water partition coefficient (Wildman–Crippen LogP) is 2.43. The lowest BCUT2D eigenvalue weighted by molar-refractivity contribution is -0.118. The first-order valence-corrected chi connectivity index (χ1v) is 11.5. The summed E-state index contributed by atoms with van der Waals surface area (Å²) in [6.07, 6.45) is 0. The second kappa shape index (κ2) is 9.64. The molecule has 37 heavy (non-hydrogen) atoms. The number of nitrogen functional groups attached to an aromatic ring is 1. The van der Waals surface area contributed by atoms with Crippen LogP contribution < -0.4 is 30.2 Å². The van der Waals surface area contributed by atoms with Crippen LogP contribution in [-0.4, -0.2) is 73.3 Å². The average molecular weight is 503 g/mol. The molecule has 190 valence electrons. The van der Waals surface area contributed by atoms with Gasteiger partial charge in [0.2, 0.25) is 5.88 Å². The third kappa shape index (κ3) is 4.94. The second-order valence-electron chi connectivity index (χ2n) is 8.68. The minimum Gasteiger partial charge on any atom is -0.466 e. The van der Waals surface area contributed by atoms with Crippen LogP contribution in [0.3, 0.4) is 0 Å². The van der Waals surface area contributed by atoms with Crippen molar-refractivity contribution in [2.24, 2.45) is 10.7 Å². The van der Waals surface area contributed by atoms with Crippen molar-refractivity contribution in [3.05, 3.63) is 53.6 Å². The highest BCUT2D eigenvalue weighted by atomic mass is 16.5. The fourth-order valence-corrected chi connectivity index (χ4v) is 3.93. The Labute approximate surface area is 213 Å². The van der Waals surface area contributed by atoms with Crippen molar-refractivity contribution in [2.45, 2.75) is 0 Å². The number of fused-ring (bicyclic) bond motifs is 1. The fraction of sp³-hybridized carbons (Fsp3) is 0.240. The van der Waals surface area contributed by atoms with E-state index >= 15 is 0 Å². The quantitative estimate of drug-likeness (QED) is 0.327. The maximum atomic E-state index is 12.1. The number of ether oxygens (including phenoxy) is 3. The van der Waals surface area contributed by atoms with Crippen LogP contribution in [0.15, 0.2) is 47.5 Å². The monoisotopic (exact) mass is 502 g/mol. The number of hydrogen-bond donors (Lipinski definition) is 3. The molecule has 2 aliphatic heterocycles. The summed E-state index contributed by atoms with van der Waals surface area (Å²) < 4.78 is 17.7. The SMILES string of the molecule is CN1CCN=C1c1cccc(Oc2nc3c(c(Oc4cc(C(=N)N)ccc4N(C)C)n2)NC(=O)CO3)c1. The van der Waals surface area contributed by atoms with Crippen molar-refractivity contribution in [2.75, 3.05) is 51.1 Å². The van der Waals surface area contributed by atoms with E-state index in [1.54, 1.807) is 24.3 Å². The van der Waals surface area contributed by atoms with E-state index in [0.29, 0.717) is 22.7 Å². The molecule has 3 aromatic rings. The van der Waals surface area contributed by atoms with Crippen LogP contribution in [0.5, 0.6) is 29.3 Å². The second-order valence-corrected chi connectivity index (χ2v) is 8.68. The smallest absolute Gasteiger partial charge is 0.328 e. The lowest BCUT2D eigenvalue weighted by Gasteiger charge is -2.22. The van der Waals surface area contributed by atoms with Gasteiger partial charge in [0.25, 0.3) is 11.8 Å². The zero-order chi connectivity index (χ0) is 26.1. The number of aromatic nitrogens is 2. The van der Waals surface area contributed by atoms with Gasteiger partial charge >= 0.3 is 6.01 Å². The van der Waals surface area contributed by atoms with Crippen LogP contribution in [0.25, 0.3) is 0 Å². The number of nitrogens with one attached hydrogen (secondary N) is 2. The number of hydrogen-bond acceptors (Lipinski definition) is 10. The number of amidine groups is 2. The Morgan fingerprint density at radius 3 is 2.76 bits per heavy atom. The first kappa shape index (κ1) is 23.9. The summed E-state index contributed by atoms with van der Waals surface area (Å²) in [6.45, 7) is 1.40. The zero-order valence-electron chi connectivity index (χ0n) is 20.6. The molecule has 1 amide bonds. The highest BCUT2D eigenvalue weighted by Gasteiger charge is 2.27. The van der Waals surface area contributed by atoms with Crippen LogP contribution in [-0.2, 0) is 4.79 Å². The summed E-state index contributed by atoms with van der Waals surface area (Å²) in [5, 5.41) is 10.5. The number of aliphatic imine (C=N–C) groups is 1. The molecule has 12 nitrogen and oxygen atoms in total. The number of benzene rings is 2. The average Bonchev–Trinajstić information content (AvgIpc) is 3.30. The number of rotatable bonds is 7. The van der Waals surface area contributed by atoms with Gasteiger partial charge < -0.3 is 35.1 Å². The number of anilines is 2. The summed E-state index contributed by atoms with van der Waals surface area (Å²) in [7, 11) is 5.69. The summed E-state index contributed by atoms with van der Waals surface area (Å²) in [6, 6.07) is 12.6. The van der Waals surface area contributed by atoms with Gasteiger partial charge in [-0.3, -0.25) is 15.2 Å². The van der Waals surface area contributed by atoms with E-state index < -0.39 is 0 Å². The summed E-state index contributed by atoms with van der Waals surface area (Å²) in [5.41, 5.74) is 7.95. The molecule has 2 aromatic carbocycles. The predicted molar refractivity (Wildman–Crippen MR) is 139 cm³/mol. The lowest BCUT2D eigenvalue weighted by atomic mass is 10.1. The first-order chi connectivity index (χ1) is 17.8. The van der Waals surface area contributed by atoms with Gasteiger partial charge in [-0.25, -0.2) is 0 Å². The van der Waals surface area contributed by atoms with E-state index in [9.17, 15) is 4.79 Å². The molecule has 2 aliphatic rings. The molecule has 1 aromatic heterocycles. The van der Waals surface area contributed by atoms with Crippen molar-refractivity contribution in [1.29, 1.82) is 5.41 Å². The van der Waals surface area contributed by atoms with Crippen LogP contribution in [0.4, 0.5) is 11.4 Å². The Balaban J connectivity index is 1.52. The Kier molecular flexibility index (Phi) is 6.22. The molecule has 0 radical (unpaired) electrons. The van der Waals surface area contributed by atoms with Gasteiger partial charge in [-0.15, -0.1) is 0 Å². The molecule has 0 saturated heterocycles. The summed E-state index contributed by atoms with van der Waals surface area (Å²) in [5.74, 6) is 1.41. The van der Waals surface area contributed by atoms with Crippen LogP contribution in [0.1, 0.15) is 11.1 Å². The molecule has 3 heterocycles. The third-order valence-electron chi connectivity index (χ3n) is 5.75. The number of carbonyl (C=O) groups excluding carboxylic acids is 1. The number of nitrogens with two attached hydrogens (primary N) is 1. The fourth-order valence-electron chi connectivity index (χ4n) is 3.93. The molecule has 5 rings (SSSR count). The molecule has 0 aliphatic carbocycles. The van der Waals surface area contributed by atoms with Gasteiger partial charge in [-0.05, 0) is 30.3 Å². The number of nitrogens with zero attached hydrogens (tertiary/aromatic N) is 5. The van der Waals surface area contributed by atoms with E-state index in [1.165, 1.54) is 0 Å². The molecule has 0 fully saturated rings. The van der Waals surface area contributed by atoms with Crippen molar-refractivity contribution < 1.29 is 19.0 Å². The standard InChI is InChI=1S/C25H26N8O4/c1-32(2)17-8-7-14(21(26)27)12-18(17)37-24-20-23(35-13-19(34)29-20)30-25(31-24)36-16-6-4-5-15(11-16)22-28-9-10-33(22)3/h4-8,11-12H,9-10,13H2,1-3H3,(H3,26,27)(H,29,34). The van der Waals surface area contributed by atoms with E-state index in [-0.39, 0.29) is 41.8 Å². The summed E-state index contributed by atoms with van der Waals surface area (Å²) >= 11 is 0. The molecule has 0 saturated carbocycles. The van der Waals surface area contributed by atoms with Crippen molar-refractivity contribution >= 4 is 29.0 Å². The number of carbonyl (C=O) groups is 1. The Bertz CT molecular complexity index is 1420. The van der Waals surface area contributed by atoms with Gasteiger partial charge in [-0.1, -0.05) is 12.1 Å². The van der Waals surface area contributed by atoms with Crippen molar-refractivity contribution in [3.63, 3.8) is 0 Å². The first-order valence-electron chi connectivity index (χ1n) is 11.5. The molecular weight excluding hydrogens is 476 g/mol. The van der Waals surface area contributed by atoms with E-state index in [0.717, 1.165) is 24.5 Å². The lowest BCUT2D eigenvalue weighted by Crippen LogP contribution is -2.27. The number of amides is 1. The number of likely N-dealkylation sites (N-methyl/N-ethyl adjacent to an activating group) is 1. The zero-order valence-corrected chi connectivity index (χ0v) is 20.6. The molecule has 0 unspecified atom stereocenters. The topological polar surface area (TPSA) is 151 Å². The third-order valence-corrected chi connectivity index (χ3v) is 5.75. The Morgan fingerprint density at radius 1 is 1.19 bits per heavy atom. The maximum absolute atomic E-state index is 12.1.